The quantitative estimate of drug-likeness (QED) is 0.488. The summed E-state index contributed by atoms with van der Waals surface area (Å²) in [6.45, 7) is 2.01. The molecule has 0 saturated heterocycles. The maximum atomic E-state index is 12.4. The number of aliphatic hydroxyl groups is 1. The smallest absolute Gasteiger partial charge is 0.306 e. The summed E-state index contributed by atoms with van der Waals surface area (Å²) in [5.74, 6) is 0.0296. The Morgan fingerprint density at radius 2 is 1.70 bits per heavy atom. The van der Waals surface area contributed by atoms with E-state index in [2.05, 4.69) is 15.9 Å². The molecule has 2 aromatic rings. The van der Waals surface area contributed by atoms with Crippen molar-refractivity contribution in [3.63, 3.8) is 0 Å². The number of alkyl halides is 1. The Balaban J connectivity index is 2.16. The highest BCUT2D eigenvalue weighted by Gasteiger charge is 2.24. The molecule has 1 amide bonds. The van der Waals surface area contributed by atoms with E-state index in [1.807, 2.05) is 37.3 Å². The van der Waals surface area contributed by atoms with Crippen LogP contribution in [0, 0.1) is 0 Å². The first-order chi connectivity index (χ1) is 12.7. The first kappa shape index (κ1) is 21.4. The summed E-state index contributed by atoms with van der Waals surface area (Å²) in [4.78, 5) is 14.0. The summed E-state index contributed by atoms with van der Waals surface area (Å²) in [7, 11) is -3.61. The molecule has 0 fully saturated rings. The van der Waals surface area contributed by atoms with Crippen LogP contribution in [0.4, 0.5) is 0 Å². The Kier molecular flexibility index (Phi) is 7.41. The van der Waals surface area contributed by atoms with Crippen LogP contribution in [0.5, 0.6) is 5.75 Å². The lowest BCUT2D eigenvalue weighted by molar-refractivity contribution is -0.132. The van der Waals surface area contributed by atoms with Crippen molar-refractivity contribution >= 4 is 32.0 Å². The van der Waals surface area contributed by atoms with Gasteiger partial charge in [0.1, 0.15) is 5.75 Å². The number of nitrogens with zero attached hydrogens (tertiary/aromatic N) is 1. The van der Waals surface area contributed by atoms with Crippen LogP contribution in [0.3, 0.4) is 0 Å². The van der Waals surface area contributed by atoms with Crippen molar-refractivity contribution in [3.05, 3.63) is 65.7 Å². The number of benzene rings is 2. The van der Waals surface area contributed by atoms with Gasteiger partial charge in [-0.25, -0.2) is 0 Å². The van der Waals surface area contributed by atoms with E-state index in [1.165, 1.54) is 12.1 Å². The summed E-state index contributed by atoms with van der Waals surface area (Å²) in [6, 6.07) is 15.5. The first-order valence-corrected chi connectivity index (χ1v) is 11.2. The molecule has 2 aromatic carbocycles. The molecule has 2 rings (SSSR count). The van der Waals surface area contributed by atoms with Crippen LogP contribution in [0.2, 0.25) is 0 Å². The van der Waals surface area contributed by atoms with E-state index >= 15 is 0 Å². The van der Waals surface area contributed by atoms with Crippen molar-refractivity contribution in [2.24, 2.45) is 0 Å². The van der Waals surface area contributed by atoms with E-state index in [9.17, 15) is 18.3 Å². The summed E-state index contributed by atoms with van der Waals surface area (Å²) in [5.41, 5.74) is 1.53. The van der Waals surface area contributed by atoms with Crippen molar-refractivity contribution in [2.45, 2.75) is 19.1 Å². The monoisotopic (exact) mass is 455 g/mol. The lowest BCUT2D eigenvalue weighted by atomic mass is 10.0. The van der Waals surface area contributed by atoms with Gasteiger partial charge in [0, 0.05) is 0 Å². The summed E-state index contributed by atoms with van der Waals surface area (Å²) < 4.78 is 27.1. The molecular formula is C19H22BrNO5S. The average Bonchev–Trinajstić information content (AvgIpc) is 2.64. The number of hydrogen-bond donors (Lipinski definition) is 1. The van der Waals surface area contributed by atoms with Crippen molar-refractivity contribution < 1.29 is 22.5 Å². The topological polar surface area (TPSA) is 83.9 Å². The molecule has 0 aliphatic heterocycles. The SMILES string of the molecule is C[C@@H](c1ccccc1)N(C[C@@H](O)c1ccc(OS(C)(=O)=O)cc1)C(=O)CBr. The number of amides is 1. The fraction of sp³-hybridized carbons (Fsp3) is 0.316. The van der Waals surface area contributed by atoms with Crippen LogP contribution in [0.1, 0.15) is 30.2 Å². The largest absolute Gasteiger partial charge is 0.387 e. The van der Waals surface area contributed by atoms with Crippen molar-refractivity contribution in [1.82, 2.24) is 4.90 Å². The van der Waals surface area contributed by atoms with Gasteiger partial charge in [0.15, 0.2) is 0 Å². The Labute approximate surface area is 168 Å². The second-order valence-electron chi connectivity index (χ2n) is 6.14. The zero-order valence-corrected chi connectivity index (χ0v) is 17.5. The second-order valence-corrected chi connectivity index (χ2v) is 8.27. The van der Waals surface area contributed by atoms with Gasteiger partial charge in [-0.15, -0.1) is 0 Å². The number of hydrogen-bond acceptors (Lipinski definition) is 5. The first-order valence-electron chi connectivity index (χ1n) is 8.29. The van der Waals surface area contributed by atoms with E-state index < -0.39 is 16.2 Å². The number of carbonyl (C=O) groups excluding carboxylic acids is 1. The Bertz CT molecular complexity index is 855. The predicted molar refractivity (Wildman–Crippen MR) is 107 cm³/mol. The number of rotatable bonds is 8. The van der Waals surface area contributed by atoms with E-state index in [1.54, 1.807) is 17.0 Å². The lowest BCUT2D eigenvalue weighted by Crippen LogP contribution is -2.37. The van der Waals surface area contributed by atoms with Crippen LogP contribution in [-0.2, 0) is 14.9 Å². The molecular weight excluding hydrogens is 434 g/mol. The van der Waals surface area contributed by atoms with Gasteiger partial charge in [-0.1, -0.05) is 58.4 Å². The average molecular weight is 456 g/mol. The fourth-order valence-electron chi connectivity index (χ4n) is 2.68. The molecule has 0 bridgehead atoms. The normalized spacial score (nSPS) is 13.6. The highest BCUT2D eigenvalue weighted by atomic mass is 79.9. The summed E-state index contributed by atoms with van der Waals surface area (Å²) in [6.07, 6.45) is 0.0382. The van der Waals surface area contributed by atoms with Gasteiger partial charge in [0.2, 0.25) is 5.91 Å². The van der Waals surface area contributed by atoms with Gasteiger partial charge in [-0.2, -0.15) is 8.42 Å². The minimum atomic E-state index is -3.61. The third kappa shape index (κ3) is 6.34. The number of halogens is 1. The molecule has 0 heterocycles. The molecule has 0 aliphatic rings. The molecule has 2 atom stereocenters. The van der Waals surface area contributed by atoms with Gasteiger partial charge in [0.05, 0.1) is 30.3 Å². The molecule has 0 aliphatic carbocycles. The van der Waals surface area contributed by atoms with Crippen LogP contribution in [0.15, 0.2) is 54.6 Å². The molecule has 1 N–H and O–H groups in total. The van der Waals surface area contributed by atoms with Crippen LogP contribution < -0.4 is 4.18 Å². The minimum Gasteiger partial charge on any atom is -0.387 e. The van der Waals surface area contributed by atoms with Crippen molar-refractivity contribution in [2.75, 3.05) is 18.1 Å². The minimum absolute atomic E-state index is 0.104. The van der Waals surface area contributed by atoms with Crippen LogP contribution in [-0.4, -0.2) is 42.5 Å². The van der Waals surface area contributed by atoms with E-state index in [-0.39, 0.29) is 29.6 Å². The Hall–Kier alpha value is -1.90. The number of carbonyl (C=O) groups is 1. The standard InChI is InChI=1S/C19H22BrNO5S/c1-14(15-6-4-3-5-7-15)21(19(23)12-20)13-18(22)16-8-10-17(11-9-16)26-27(2,24)25/h3-11,14,18,22H,12-13H2,1-2H3/t14-,18+/m0/s1. The molecule has 0 saturated carbocycles. The zero-order chi connectivity index (χ0) is 20.0. The van der Waals surface area contributed by atoms with Gasteiger partial charge in [-0.05, 0) is 30.2 Å². The predicted octanol–water partition coefficient (Wildman–Crippen LogP) is 3.04. The highest BCUT2D eigenvalue weighted by Crippen LogP contribution is 2.25. The van der Waals surface area contributed by atoms with Crippen LogP contribution in [0.25, 0.3) is 0 Å². The summed E-state index contributed by atoms with van der Waals surface area (Å²) >= 11 is 3.19. The molecule has 0 aromatic heterocycles. The molecule has 8 heteroatoms. The maximum Gasteiger partial charge on any atom is 0.306 e. The molecule has 0 spiro atoms. The van der Waals surface area contributed by atoms with E-state index in [4.69, 9.17) is 4.18 Å². The number of aliphatic hydroxyl groups excluding tert-OH is 1. The Morgan fingerprint density at radius 1 is 1.11 bits per heavy atom. The Morgan fingerprint density at radius 3 is 2.22 bits per heavy atom. The maximum absolute atomic E-state index is 12.4. The third-order valence-corrected chi connectivity index (χ3v) is 5.04. The van der Waals surface area contributed by atoms with Gasteiger partial charge in [-0.3, -0.25) is 4.79 Å². The molecule has 0 unspecified atom stereocenters. The molecule has 0 radical (unpaired) electrons. The molecule has 27 heavy (non-hydrogen) atoms. The highest BCUT2D eigenvalue weighted by molar-refractivity contribution is 9.09. The van der Waals surface area contributed by atoms with Crippen molar-refractivity contribution in [1.29, 1.82) is 0 Å². The second kappa shape index (κ2) is 9.34. The van der Waals surface area contributed by atoms with E-state index in [0.717, 1.165) is 11.8 Å². The van der Waals surface area contributed by atoms with Gasteiger partial charge < -0.3 is 14.2 Å². The molecule has 6 nitrogen and oxygen atoms in total. The fourth-order valence-corrected chi connectivity index (χ4v) is 3.46. The zero-order valence-electron chi connectivity index (χ0n) is 15.1. The van der Waals surface area contributed by atoms with Crippen LogP contribution >= 0.6 is 15.9 Å². The van der Waals surface area contributed by atoms with E-state index in [0.29, 0.717) is 5.56 Å². The van der Waals surface area contributed by atoms with Crippen molar-refractivity contribution in [3.8, 4) is 5.75 Å². The van der Waals surface area contributed by atoms with Gasteiger partial charge >= 0.3 is 10.1 Å². The summed E-state index contributed by atoms with van der Waals surface area (Å²) in [5, 5.41) is 10.7. The molecule has 146 valence electrons. The third-order valence-electron chi connectivity index (χ3n) is 4.07. The lowest BCUT2D eigenvalue weighted by Gasteiger charge is -2.31. The van der Waals surface area contributed by atoms with Gasteiger partial charge in [0.25, 0.3) is 0 Å².